The quantitative estimate of drug-likeness (QED) is 0.312. The Morgan fingerprint density at radius 2 is 1.89 bits per heavy atom. The predicted octanol–water partition coefficient (Wildman–Crippen LogP) is 4.83. The molecular formula is C30H30N4O3. The van der Waals surface area contributed by atoms with Crippen LogP contribution in [0, 0.1) is 0 Å². The van der Waals surface area contributed by atoms with Crippen LogP contribution >= 0.6 is 0 Å². The molecule has 1 aliphatic rings. The predicted molar refractivity (Wildman–Crippen MR) is 145 cm³/mol. The molecule has 0 amide bonds. The Morgan fingerprint density at radius 1 is 1.00 bits per heavy atom. The Labute approximate surface area is 215 Å². The number of methoxy groups -OCH3 is 1. The maximum atomic E-state index is 9.81. The summed E-state index contributed by atoms with van der Waals surface area (Å²) in [6.45, 7) is 3.61. The lowest BCUT2D eigenvalue weighted by Crippen LogP contribution is -2.21. The fourth-order valence-electron chi connectivity index (χ4n) is 5.02. The second-order valence-electron chi connectivity index (χ2n) is 9.53. The van der Waals surface area contributed by atoms with Gasteiger partial charge in [-0.25, -0.2) is 9.97 Å². The zero-order valence-electron chi connectivity index (χ0n) is 20.9. The van der Waals surface area contributed by atoms with Crippen molar-refractivity contribution in [1.82, 2.24) is 19.4 Å². The molecule has 3 aromatic carbocycles. The number of aliphatic hydroxyl groups is 1. The summed E-state index contributed by atoms with van der Waals surface area (Å²) >= 11 is 0. The highest BCUT2D eigenvalue weighted by molar-refractivity contribution is 5.94. The molecule has 7 heteroatoms. The number of ether oxygens (including phenoxy) is 2. The number of benzene rings is 3. The van der Waals surface area contributed by atoms with Crippen LogP contribution in [-0.2, 0) is 11.3 Å². The van der Waals surface area contributed by atoms with Crippen molar-refractivity contribution in [3.63, 3.8) is 0 Å². The molecule has 5 aromatic rings. The van der Waals surface area contributed by atoms with E-state index >= 15 is 0 Å². The van der Waals surface area contributed by atoms with Gasteiger partial charge in [0.2, 0.25) is 0 Å². The third kappa shape index (κ3) is 4.93. The summed E-state index contributed by atoms with van der Waals surface area (Å²) < 4.78 is 12.8. The van der Waals surface area contributed by atoms with Gasteiger partial charge in [-0.2, -0.15) is 0 Å². The standard InChI is InChI=1S/C30H30N4O3/c1-36-15-16-37-25-10-11-28-27(17-25)31-20-34(28)29-12-9-23-3-2-4-26(30(23)32-29)22-7-5-21(6-8-22)18-33-14-13-24(35)19-33/h2-12,17,20,24,35H,13-16,18-19H2,1H3. The Morgan fingerprint density at radius 3 is 2.70 bits per heavy atom. The number of fused-ring (bicyclic) bond motifs is 2. The molecule has 1 N–H and O–H groups in total. The lowest BCUT2D eigenvalue weighted by atomic mass is 10.0. The van der Waals surface area contributed by atoms with Crippen molar-refractivity contribution in [2.24, 2.45) is 0 Å². The van der Waals surface area contributed by atoms with Gasteiger partial charge in [0.05, 0.1) is 29.3 Å². The zero-order chi connectivity index (χ0) is 25.2. The number of pyridine rings is 1. The highest BCUT2D eigenvalue weighted by Gasteiger charge is 2.20. The number of para-hydroxylation sites is 1. The van der Waals surface area contributed by atoms with Gasteiger partial charge in [-0.15, -0.1) is 0 Å². The minimum absolute atomic E-state index is 0.195. The van der Waals surface area contributed by atoms with E-state index in [0.29, 0.717) is 13.2 Å². The average molecular weight is 495 g/mol. The van der Waals surface area contributed by atoms with Crippen molar-refractivity contribution < 1.29 is 14.6 Å². The highest BCUT2D eigenvalue weighted by Crippen LogP contribution is 2.30. The van der Waals surface area contributed by atoms with E-state index in [0.717, 1.165) is 70.7 Å². The third-order valence-electron chi connectivity index (χ3n) is 6.95. The van der Waals surface area contributed by atoms with Gasteiger partial charge in [-0.3, -0.25) is 9.47 Å². The third-order valence-corrected chi connectivity index (χ3v) is 6.95. The average Bonchev–Trinajstić information content (AvgIpc) is 3.54. The van der Waals surface area contributed by atoms with Crippen LogP contribution < -0.4 is 4.74 Å². The number of aromatic nitrogens is 3. The molecule has 0 saturated carbocycles. The van der Waals surface area contributed by atoms with Crippen LogP contribution in [-0.4, -0.2) is 64.1 Å². The van der Waals surface area contributed by atoms with Gasteiger partial charge < -0.3 is 14.6 Å². The van der Waals surface area contributed by atoms with E-state index in [4.69, 9.17) is 14.5 Å². The Balaban J connectivity index is 1.30. The van der Waals surface area contributed by atoms with Crippen molar-refractivity contribution in [2.75, 3.05) is 33.4 Å². The van der Waals surface area contributed by atoms with E-state index < -0.39 is 0 Å². The van der Waals surface area contributed by atoms with Gasteiger partial charge in [-0.1, -0.05) is 42.5 Å². The molecule has 1 fully saturated rings. The van der Waals surface area contributed by atoms with Crippen LogP contribution in [0.1, 0.15) is 12.0 Å². The number of likely N-dealkylation sites (tertiary alicyclic amines) is 1. The normalized spacial score (nSPS) is 16.1. The van der Waals surface area contributed by atoms with Gasteiger partial charge in [0.1, 0.15) is 24.5 Å². The van der Waals surface area contributed by atoms with E-state index in [1.54, 1.807) is 7.11 Å². The van der Waals surface area contributed by atoms with Crippen molar-refractivity contribution in [3.05, 3.63) is 84.7 Å². The summed E-state index contributed by atoms with van der Waals surface area (Å²) in [5.41, 5.74) is 6.26. The Kier molecular flexibility index (Phi) is 6.57. The molecule has 188 valence electrons. The van der Waals surface area contributed by atoms with Crippen LogP contribution in [0.5, 0.6) is 5.75 Å². The van der Waals surface area contributed by atoms with Crippen molar-refractivity contribution in [3.8, 4) is 22.7 Å². The maximum absolute atomic E-state index is 9.81. The van der Waals surface area contributed by atoms with E-state index in [1.807, 2.05) is 35.2 Å². The van der Waals surface area contributed by atoms with Gasteiger partial charge in [0.15, 0.2) is 0 Å². The largest absolute Gasteiger partial charge is 0.491 e. The molecule has 0 aliphatic carbocycles. The molecule has 1 aliphatic heterocycles. The summed E-state index contributed by atoms with van der Waals surface area (Å²) in [6, 6.07) is 25.1. The lowest BCUT2D eigenvalue weighted by Gasteiger charge is -2.15. The van der Waals surface area contributed by atoms with Crippen LogP contribution in [0.4, 0.5) is 0 Å². The first-order valence-electron chi connectivity index (χ1n) is 12.7. The van der Waals surface area contributed by atoms with Crippen LogP contribution in [0.2, 0.25) is 0 Å². The number of nitrogens with zero attached hydrogens (tertiary/aromatic N) is 4. The van der Waals surface area contributed by atoms with E-state index in [-0.39, 0.29) is 6.10 Å². The Bertz CT molecular complexity index is 1530. The molecule has 0 spiro atoms. The fraction of sp³-hybridized carbons (Fsp3) is 0.267. The van der Waals surface area contributed by atoms with Crippen LogP contribution in [0.25, 0.3) is 38.9 Å². The molecule has 1 atom stereocenters. The molecule has 37 heavy (non-hydrogen) atoms. The van der Waals surface area contributed by atoms with Crippen LogP contribution in [0.3, 0.4) is 0 Å². The van der Waals surface area contributed by atoms with Gasteiger partial charge in [-0.05, 0) is 41.8 Å². The van der Waals surface area contributed by atoms with E-state index in [1.165, 1.54) is 5.56 Å². The summed E-state index contributed by atoms with van der Waals surface area (Å²) in [5, 5.41) is 10.9. The van der Waals surface area contributed by atoms with E-state index in [2.05, 4.69) is 58.4 Å². The Hall–Kier alpha value is -3.78. The van der Waals surface area contributed by atoms with Crippen molar-refractivity contribution in [2.45, 2.75) is 19.1 Å². The monoisotopic (exact) mass is 494 g/mol. The number of β-amino-alcohol motifs (C(OH)–C–C–N with tert-alkyl or cyclic N) is 1. The van der Waals surface area contributed by atoms with Crippen LogP contribution in [0.15, 0.2) is 79.1 Å². The second-order valence-corrected chi connectivity index (χ2v) is 9.53. The molecule has 3 heterocycles. The van der Waals surface area contributed by atoms with Gasteiger partial charge in [0.25, 0.3) is 0 Å². The van der Waals surface area contributed by atoms with Crippen molar-refractivity contribution >= 4 is 21.9 Å². The smallest absolute Gasteiger partial charge is 0.139 e. The summed E-state index contributed by atoms with van der Waals surface area (Å²) in [4.78, 5) is 12.0. The SMILES string of the molecule is COCCOc1ccc2c(c1)ncn2-c1ccc2cccc(-c3ccc(CN4CCC(O)C4)cc3)c2n1. The topological polar surface area (TPSA) is 72.6 Å². The first-order chi connectivity index (χ1) is 18.2. The first kappa shape index (κ1) is 23.6. The molecule has 1 unspecified atom stereocenters. The molecule has 1 saturated heterocycles. The van der Waals surface area contributed by atoms with E-state index in [9.17, 15) is 5.11 Å². The number of hydrogen-bond acceptors (Lipinski definition) is 6. The zero-order valence-corrected chi connectivity index (χ0v) is 20.9. The number of imidazole rings is 1. The second kappa shape index (κ2) is 10.3. The summed E-state index contributed by atoms with van der Waals surface area (Å²) in [7, 11) is 1.66. The number of aliphatic hydroxyl groups excluding tert-OH is 1. The molecule has 6 rings (SSSR count). The number of rotatable bonds is 8. The minimum Gasteiger partial charge on any atom is -0.491 e. The molecule has 2 aromatic heterocycles. The van der Waals surface area contributed by atoms with Crippen molar-refractivity contribution in [1.29, 1.82) is 0 Å². The number of hydrogen-bond donors (Lipinski definition) is 1. The molecule has 0 bridgehead atoms. The summed E-state index contributed by atoms with van der Waals surface area (Å²) in [5.74, 6) is 1.59. The highest BCUT2D eigenvalue weighted by atomic mass is 16.5. The molecular weight excluding hydrogens is 464 g/mol. The molecule has 0 radical (unpaired) electrons. The molecule has 7 nitrogen and oxygen atoms in total. The lowest BCUT2D eigenvalue weighted by molar-refractivity contribution is 0.146. The first-order valence-corrected chi connectivity index (χ1v) is 12.7. The minimum atomic E-state index is -0.195. The fourth-order valence-corrected chi connectivity index (χ4v) is 5.02. The van der Waals surface area contributed by atoms with Gasteiger partial charge in [0, 0.05) is 43.8 Å². The maximum Gasteiger partial charge on any atom is 0.139 e. The summed E-state index contributed by atoms with van der Waals surface area (Å²) in [6.07, 6.45) is 2.47. The van der Waals surface area contributed by atoms with Gasteiger partial charge >= 0.3 is 0 Å².